The van der Waals surface area contributed by atoms with Crippen molar-refractivity contribution >= 4 is 5.91 Å². The Balaban J connectivity index is 1.51. The van der Waals surface area contributed by atoms with Crippen molar-refractivity contribution in [2.24, 2.45) is 5.73 Å². The van der Waals surface area contributed by atoms with Crippen LogP contribution < -0.4 is 5.73 Å². The third-order valence-electron chi connectivity index (χ3n) is 4.67. The molecule has 0 aliphatic carbocycles. The van der Waals surface area contributed by atoms with E-state index >= 15 is 0 Å². The van der Waals surface area contributed by atoms with E-state index in [4.69, 9.17) is 5.73 Å². The normalized spacial score (nSPS) is 16.3. The number of piperidine rings is 1. The van der Waals surface area contributed by atoms with Crippen LogP contribution in [0.1, 0.15) is 35.4 Å². The number of rotatable bonds is 5. The van der Waals surface area contributed by atoms with Gasteiger partial charge in [-0.15, -0.1) is 0 Å². The van der Waals surface area contributed by atoms with Gasteiger partial charge in [0.15, 0.2) is 0 Å². The summed E-state index contributed by atoms with van der Waals surface area (Å²) in [7, 11) is 0. The molecule has 0 aromatic heterocycles. The summed E-state index contributed by atoms with van der Waals surface area (Å²) >= 11 is 0. The van der Waals surface area contributed by atoms with E-state index in [1.807, 2.05) is 12.1 Å². The van der Waals surface area contributed by atoms with E-state index < -0.39 is 0 Å². The number of amides is 1. The first kappa shape index (κ1) is 15.8. The van der Waals surface area contributed by atoms with Crippen molar-refractivity contribution in [1.82, 2.24) is 4.90 Å². The fourth-order valence-electron chi connectivity index (χ4n) is 3.37. The Hall–Kier alpha value is -2.13. The molecule has 1 heterocycles. The smallest absolute Gasteiger partial charge is 0.221 e. The molecule has 0 radical (unpaired) electrons. The molecule has 2 aromatic carbocycles. The van der Waals surface area contributed by atoms with Crippen LogP contribution in [0.3, 0.4) is 0 Å². The van der Waals surface area contributed by atoms with Gasteiger partial charge in [-0.25, -0.2) is 0 Å². The second kappa shape index (κ2) is 7.42. The Bertz CT molecular complexity index is 628. The van der Waals surface area contributed by atoms with Gasteiger partial charge in [0, 0.05) is 6.54 Å². The van der Waals surface area contributed by atoms with E-state index in [0.29, 0.717) is 12.3 Å². The van der Waals surface area contributed by atoms with Crippen LogP contribution in [-0.4, -0.2) is 23.9 Å². The minimum atomic E-state index is -0.277. The molecule has 3 nitrogen and oxygen atoms in total. The summed E-state index contributed by atoms with van der Waals surface area (Å²) in [5.41, 5.74) is 8.99. The van der Waals surface area contributed by atoms with Crippen LogP contribution in [-0.2, 0) is 17.8 Å². The molecule has 3 heteroatoms. The first-order valence-electron chi connectivity index (χ1n) is 8.34. The number of carbonyl (C=O) groups is 1. The average Bonchev–Trinajstić information content (AvgIpc) is 2.58. The lowest BCUT2D eigenvalue weighted by atomic mass is 9.89. The van der Waals surface area contributed by atoms with E-state index in [2.05, 4.69) is 47.4 Å². The van der Waals surface area contributed by atoms with Gasteiger partial charge in [-0.2, -0.15) is 0 Å². The van der Waals surface area contributed by atoms with Crippen LogP contribution in [0, 0.1) is 0 Å². The lowest BCUT2D eigenvalue weighted by molar-refractivity contribution is -0.117. The largest absolute Gasteiger partial charge is 0.369 e. The minimum absolute atomic E-state index is 0.277. The number of hydrogen-bond donors (Lipinski definition) is 1. The molecule has 0 atom stereocenters. The third-order valence-corrected chi connectivity index (χ3v) is 4.67. The highest BCUT2D eigenvalue weighted by molar-refractivity contribution is 5.76. The molecule has 2 N–H and O–H groups in total. The Kier molecular flexibility index (Phi) is 5.09. The highest BCUT2D eigenvalue weighted by atomic mass is 16.1. The molecular formula is C20H24N2O. The Morgan fingerprint density at radius 1 is 0.957 bits per heavy atom. The van der Waals surface area contributed by atoms with Crippen LogP contribution in [0.2, 0.25) is 0 Å². The van der Waals surface area contributed by atoms with Gasteiger partial charge >= 0.3 is 0 Å². The molecule has 120 valence electrons. The van der Waals surface area contributed by atoms with Crippen LogP contribution >= 0.6 is 0 Å². The van der Waals surface area contributed by atoms with Gasteiger partial charge in [0.1, 0.15) is 0 Å². The van der Waals surface area contributed by atoms with Crippen LogP contribution in [0.25, 0.3) is 0 Å². The molecule has 2 aromatic rings. The lowest BCUT2D eigenvalue weighted by Gasteiger charge is -2.32. The van der Waals surface area contributed by atoms with Gasteiger partial charge < -0.3 is 5.73 Å². The van der Waals surface area contributed by atoms with E-state index in [1.165, 1.54) is 24.0 Å². The maximum atomic E-state index is 10.9. The number of nitrogens with zero attached hydrogens (tertiary/aromatic N) is 1. The van der Waals surface area contributed by atoms with Gasteiger partial charge in [-0.05, 0) is 48.5 Å². The second-order valence-corrected chi connectivity index (χ2v) is 6.42. The molecule has 0 spiro atoms. The number of benzene rings is 2. The molecule has 0 bridgehead atoms. The van der Waals surface area contributed by atoms with Crippen LogP contribution in [0.4, 0.5) is 0 Å². The molecule has 1 aliphatic rings. The fourth-order valence-corrected chi connectivity index (χ4v) is 3.37. The highest BCUT2D eigenvalue weighted by Gasteiger charge is 2.20. The average molecular weight is 308 g/mol. The first-order chi connectivity index (χ1) is 11.2. The van der Waals surface area contributed by atoms with E-state index in [1.54, 1.807) is 0 Å². The maximum Gasteiger partial charge on any atom is 0.221 e. The van der Waals surface area contributed by atoms with Crippen molar-refractivity contribution in [3.05, 3.63) is 71.3 Å². The van der Waals surface area contributed by atoms with Crippen LogP contribution in [0.15, 0.2) is 54.6 Å². The van der Waals surface area contributed by atoms with Gasteiger partial charge in [-0.1, -0.05) is 54.6 Å². The maximum absolute atomic E-state index is 10.9. The second-order valence-electron chi connectivity index (χ2n) is 6.42. The van der Waals surface area contributed by atoms with Gasteiger partial charge in [0.25, 0.3) is 0 Å². The van der Waals surface area contributed by atoms with Gasteiger partial charge in [0.2, 0.25) is 5.91 Å². The summed E-state index contributed by atoms with van der Waals surface area (Å²) < 4.78 is 0. The molecule has 1 amide bonds. The zero-order valence-corrected chi connectivity index (χ0v) is 13.4. The van der Waals surface area contributed by atoms with Crippen molar-refractivity contribution in [3.63, 3.8) is 0 Å². The molecule has 0 unspecified atom stereocenters. The predicted octanol–water partition coefficient (Wildman–Crippen LogP) is 3.09. The number of nitrogens with two attached hydrogens (primary N) is 1. The Morgan fingerprint density at radius 3 is 2.17 bits per heavy atom. The summed E-state index contributed by atoms with van der Waals surface area (Å²) in [5.74, 6) is 0.422. The zero-order chi connectivity index (χ0) is 16.1. The minimum Gasteiger partial charge on any atom is -0.369 e. The fraction of sp³-hybridized carbons (Fsp3) is 0.350. The molecule has 0 saturated carbocycles. The SMILES string of the molecule is NC(=O)Cc1ccc(CN2CCC(c3ccccc3)CC2)cc1. The van der Waals surface area contributed by atoms with E-state index in [0.717, 1.165) is 25.2 Å². The predicted molar refractivity (Wildman–Crippen MR) is 93.0 cm³/mol. The summed E-state index contributed by atoms with van der Waals surface area (Å²) in [4.78, 5) is 13.4. The van der Waals surface area contributed by atoms with Crippen LogP contribution in [0.5, 0.6) is 0 Å². The van der Waals surface area contributed by atoms with E-state index in [-0.39, 0.29) is 5.91 Å². The lowest BCUT2D eigenvalue weighted by Crippen LogP contribution is -2.32. The van der Waals surface area contributed by atoms with Crippen molar-refractivity contribution in [1.29, 1.82) is 0 Å². The quantitative estimate of drug-likeness (QED) is 0.922. The summed E-state index contributed by atoms with van der Waals surface area (Å²) in [6.45, 7) is 3.27. The van der Waals surface area contributed by atoms with Gasteiger partial charge in [-0.3, -0.25) is 9.69 Å². The Labute approximate surface area is 138 Å². The monoisotopic (exact) mass is 308 g/mol. The number of carbonyl (C=O) groups excluding carboxylic acids is 1. The highest BCUT2D eigenvalue weighted by Crippen LogP contribution is 2.28. The van der Waals surface area contributed by atoms with Crippen molar-refractivity contribution < 1.29 is 4.79 Å². The van der Waals surface area contributed by atoms with Crippen molar-refractivity contribution in [2.75, 3.05) is 13.1 Å². The summed E-state index contributed by atoms with van der Waals surface area (Å²) in [5, 5.41) is 0. The summed E-state index contributed by atoms with van der Waals surface area (Å²) in [6, 6.07) is 19.1. The summed E-state index contributed by atoms with van der Waals surface area (Å²) in [6.07, 6.45) is 2.77. The topological polar surface area (TPSA) is 46.3 Å². The molecule has 1 fully saturated rings. The number of likely N-dealkylation sites (tertiary alicyclic amines) is 1. The zero-order valence-electron chi connectivity index (χ0n) is 13.4. The number of hydrogen-bond acceptors (Lipinski definition) is 2. The van der Waals surface area contributed by atoms with Crippen molar-refractivity contribution in [3.8, 4) is 0 Å². The molecule has 3 rings (SSSR count). The standard InChI is InChI=1S/C20H24N2O/c21-20(23)14-16-6-8-17(9-7-16)15-22-12-10-19(11-13-22)18-4-2-1-3-5-18/h1-9,19H,10-15H2,(H2,21,23). The van der Waals surface area contributed by atoms with Gasteiger partial charge in [0.05, 0.1) is 6.42 Å². The first-order valence-corrected chi connectivity index (χ1v) is 8.34. The number of primary amides is 1. The molecular weight excluding hydrogens is 284 g/mol. The molecule has 1 aliphatic heterocycles. The third kappa shape index (κ3) is 4.42. The molecule has 1 saturated heterocycles. The van der Waals surface area contributed by atoms with E-state index in [9.17, 15) is 4.79 Å². The molecule has 23 heavy (non-hydrogen) atoms. The Morgan fingerprint density at radius 2 is 1.57 bits per heavy atom. The van der Waals surface area contributed by atoms with Crippen molar-refractivity contribution in [2.45, 2.75) is 31.7 Å².